The monoisotopic (exact) mass is 361 g/mol. The number of carboxylic acids is 1. The van der Waals surface area contributed by atoms with E-state index in [9.17, 15) is 14.4 Å². The van der Waals surface area contributed by atoms with E-state index in [-0.39, 0.29) is 30.8 Å². The maximum Gasteiger partial charge on any atom is 0.326 e. The summed E-state index contributed by atoms with van der Waals surface area (Å²) >= 11 is 0. The van der Waals surface area contributed by atoms with Crippen molar-refractivity contribution in [1.82, 2.24) is 15.5 Å². The minimum atomic E-state index is -1.04. The molecule has 0 radical (unpaired) electrons. The largest absolute Gasteiger partial charge is 0.480 e. The number of carbonyl (C=O) groups excluding carboxylic acids is 2. The van der Waals surface area contributed by atoms with Gasteiger partial charge in [-0.05, 0) is 29.9 Å². The molecule has 0 bridgehead atoms. The standard InChI is InChI=1S/C19H27N3O4/c1-13(2)11-16(18(24)25)21-17(23)7-9-20-19(26)22-10-8-14-5-3-4-6-15(14)12-22/h3-6,13,16H,7-12H2,1-2H3,(H,20,26)(H,21,23)(H,24,25). The zero-order valence-electron chi connectivity index (χ0n) is 15.3. The van der Waals surface area contributed by atoms with E-state index in [2.05, 4.69) is 16.7 Å². The summed E-state index contributed by atoms with van der Waals surface area (Å²) in [5, 5.41) is 14.4. The Bertz CT molecular complexity index is 660. The van der Waals surface area contributed by atoms with Crippen LogP contribution >= 0.6 is 0 Å². The Hall–Kier alpha value is -2.57. The van der Waals surface area contributed by atoms with Crippen LogP contribution in [0.1, 0.15) is 37.8 Å². The van der Waals surface area contributed by atoms with E-state index in [1.165, 1.54) is 5.56 Å². The van der Waals surface area contributed by atoms with Gasteiger partial charge in [-0.2, -0.15) is 0 Å². The number of nitrogens with zero attached hydrogens (tertiary/aromatic N) is 1. The molecule has 1 aliphatic heterocycles. The second-order valence-corrected chi connectivity index (χ2v) is 7.01. The van der Waals surface area contributed by atoms with Gasteiger partial charge in [0.1, 0.15) is 6.04 Å². The highest BCUT2D eigenvalue weighted by Crippen LogP contribution is 2.18. The molecule has 1 aliphatic rings. The van der Waals surface area contributed by atoms with E-state index in [1.807, 2.05) is 32.0 Å². The number of rotatable bonds is 7. The first-order valence-electron chi connectivity index (χ1n) is 8.98. The van der Waals surface area contributed by atoms with Crippen LogP contribution < -0.4 is 10.6 Å². The summed E-state index contributed by atoms with van der Waals surface area (Å²) in [5.74, 6) is -1.25. The number of nitrogens with one attached hydrogen (secondary N) is 2. The van der Waals surface area contributed by atoms with E-state index in [4.69, 9.17) is 5.11 Å². The lowest BCUT2D eigenvalue weighted by molar-refractivity contribution is -0.142. The SMILES string of the molecule is CC(C)CC(NC(=O)CCNC(=O)N1CCc2ccccc2C1)C(=O)O. The maximum atomic E-state index is 12.3. The fourth-order valence-corrected chi connectivity index (χ4v) is 3.02. The molecular formula is C19H27N3O4. The molecule has 7 heteroatoms. The van der Waals surface area contributed by atoms with E-state index in [1.54, 1.807) is 4.90 Å². The molecule has 26 heavy (non-hydrogen) atoms. The fraction of sp³-hybridized carbons (Fsp3) is 0.526. The molecule has 0 spiro atoms. The van der Waals surface area contributed by atoms with Crippen molar-refractivity contribution in [3.63, 3.8) is 0 Å². The minimum Gasteiger partial charge on any atom is -0.480 e. The second kappa shape index (κ2) is 9.22. The first-order valence-corrected chi connectivity index (χ1v) is 8.98. The predicted molar refractivity (Wildman–Crippen MR) is 97.6 cm³/mol. The average molecular weight is 361 g/mol. The lowest BCUT2D eigenvalue weighted by Gasteiger charge is -2.29. The van der Waals surface area contributed by atoms with Crippen LogP contribution in [0.25, 0.3) is 0 Å². The summed E-state index contributed by atoms with van der Waals surface area (Å²) in [7, 11) is 0. The van der Waals surface area contributed by atoms with Crippen LogP contribution in [0, 0.1) is 5.92 Å². The van der Waals surface area contributed by atoms with Crippen LogP contribution in [0.3, 0.4) is 0 Å². The molecule has 0 aromatic heterocycles. The summed E-state index contributed by atoms with van der Waals surface area (Å²) in [6.07, 6.45) is 1.25. The normalized spacial score (nSPS) is 14.5. The highest BCUT2D eigenvalue weighted by Gasteiger charge is 2.22. The highest BCUT2D eigenvalue weighted by molar-refractivity contribution is 5.84. The molecule has 1 aromatic rings. The van der Waals surface area contributed by atoms with Gasteiger partial charge in [-0.1, -0.05) is 38.1 Å². The molecule has 3 N–H and O–H groups in total. The second-order valence-electron chi connectivity index (χ2n) is 7.01. The van der Waals surface area contributed by atoms with Gasteiger partial charge >= 0.3 is 12.0 Å². The number of amides is 3. The van der Waals surface area contributed by atoms with Crippen molar-refractivity contribution in [2.75, 3.05) is 13.1 Å². The molecule has 0 saturated heterocycles. The molecule has 2 rings (SSSR count). The molecule has 3 amide bonds. The summed E-state index contributed by atoms with van der Waals surface area (Å²) < 4.78 is 0. The van der Waals surface area contributed by atoms with Crippen LogP contribution in [0.15, 0.2) is 24.3 Å². The Morgan fingerprint density at radius 2 is 1.88 bits per heavy atom. The van der Waals surface area contributed by atoms with Crippen LogP contribution in [0.5, 0.6) is 0 Å². The van der Waals surface area contributed by atoms with Crippen LogP contribution in [-0.4, -0.2) is 47.0 Å². The fourth-order valence-electron chi connectivity index (χ4n) is 3.02. The summed E-state index contributed by atoms with van der Waals surface area (Å²) in [6, 6.07) is 6.95. The third kappa shape index (κ3) is 5.75. The van der Waals surface area contributed by atoms with Gasteiger partial charge in [0.15, 0.2) is 0 Å². The van der Waals surface area contributed by atoms with Crippen LogP contribution in [0.2, 0.25) is 0 Å². The summed E-state index contributed by atoms with van der Waals surface area (Å²) in [5.41, 5.74) is 2.41. The van der Waals surface area contributed by atoms with Crippen LogP contribution in [-0.2, 0) is 22.6 Å². The smallest absolute Gasteiger partial charge is 0.326 e. The Kier molecular flexibility index (Phi) is 7.00. The quantitative estimate of drug-likeness (QED) is 0.689. The molecule has 1 unspecified atom stereocenters. The third-order valence-electron chi connectivity index (χ3n) is 4.39. The van der Waals surface area contributed by atoms with Crippen molar-refractivity contribution in [1.29, 1.82) is 0 Å². The minimum absolute atomic E-state index is 0.0536. The average Bonchev–Trinajstić information content (AvgIpc) is 2.60. The van der Waals surface area contributed by atoms with Crippen molar-refractivity contribution in [2.45, 2.75) is 45.7 Å². The van der Waals surface area contributed by atoms with E-state index >= 15 is 0 Å². The third-order valence-corrected chi connectivity index (χ3v) is 4.39. The molecule has 0 aliphatic carbocycles. The Balaban J connectivity index is 1.74. The number of carboxylic acid groups (broad SMARTS) is 1. The highest BCUT2D eigenvalue weighted by atomic mass is 16.4. The van der Waals surface area contributed by atoms with Gasteiger partial charge in [0.25, 0.3) is 0 Å². The lowest BCUT2D eigenvalue weighted by atomic mass is 10.0. The predicted octanol–water partition coefficient (Wildman–Crippen LogP) is 1.76. The first-order chi connectivity index (χ1) is 12.4. The number of fused-ring (bicyclic) bond motifs is 1. The van der Waals surface area contributed by atoms with Crippen molar-refractivity contribution < 1.29 is 19.5 Å². The first kappa shape index (κ1) is 19.8. The maximum absolute atomic E-state index is 12.3. The molecule has 1 aromatic carbocycles. The number of hydrogen-bond donors (Lipinski definition) is 3. The number of aliphatic carboxylic acids is 1. The number of hydrogen-bond acceptors (Lipinski definition) is 3. The van der Waals surface area contributed by atoms with E-state index < -0.39 is 12.0 Å². The molecule has 1 heterocycles. The zero-order chi connectivity index (χ0) is 19.1. The molecule has 0 fully saturated rings. The van der Waals surface area contributed by atoms with Crippen molar-refractivity contribution in [3.05, 3.63) is 35.4 Å². The van der Waals surface area contributed by atoms with Crippen LogP contribution in [0.4, 0.5) is 4.79 Å². The number of carbonyl (C=O) groups is 3. The Morgan fingerprint density at radius 1 is 1.19 bits per heavy atom. The molecule has 7 nitrogen and oxygen atoms in total. The van der Waals surface area contributed by atoms with Gasteiger partial charge in [0, 0.05) is 26.1 Å². The van der Waals surface area contributed by atoms with Crippen molar-refractivity contribution in [2.24, 2.45) is 5.92 Å². The topological polar surface area (TPSA) is 98.7 Å². The van der Waals surface area contributed by atoms with Crippen molar-refractivity contribution in [3.8, 4) is 0 Å². The lowest BCUT2D eigenvalue weighted by Crippen LogP contribution is -2.45. The van der Waals surface area contributed by atoms with Gasteiger partial charge in [0.05, 0.1) is 0 Å². The molecular weight excluding hydrogens is 334 g/mol. The Morgan fingerprint density at radius 3 is 2.54 bits per heavy atom. The van der Waals surface area contributed by atoms with Gasteiger partial charge < -0.3 is 20.6 Å². The Labute approximate surface area is 153 Å². The number of benzene rings is 1. The summed E-state index contributed by atoms with van der Waals surface area (Å²) in [4.78, 5) is 37.1. The van der Waals surface area contributed by atoms with Gasteiger partial charge in [0.2, 0.25) is 5.91 Å². The van der Waals surface area contributed by atoms with Gasteiger partial charge in [-0.25, -0.2) is 9.59 Å². The number of urea groups is 1. The zero-order valence-corrected chi connectivity index (χ0v) is 15.3. The van der Waals surface area contributed by atoms with Crippen molar-refractivity contribution >= 4 is 17.9 Å². The van der Waals surface area contributed by atoms with Gasteiger partial charge in [-0.3, -0.25) is 4.79 Å². The molecule has 0 saturated carbocycles. The summed E-state index contributed by atoms with van der Waals surface area (Å²) in [6.45, 7) is 5.18. The van der Waals surface area contributed by atoms with E-state index in [0.717, 1.165) is 12.0 Å². The molecule has 1 atom stereocenters. The van der Waals surface area contributed by atoms with Gasteiger partial charge in [-0.15, -0.1) is 0 Å². The van der Waals surface area contributed by atoms with E-state index in [0.29, 0.717) is 19.5 Å². The molecule has 142 valence electrons.